The Balaban J connectivity index is 3.46. The van der Waals surface area contributed by atoms with Crippen molar-refractivity contribution in [2.45, 2.75) is 9.65 Å². The third kappa shape index (κ3) is 9.31. The fourth-order valence-corrected chi connectivity index (χ4v) is 2.33. The molecule has 0 heterocycles. The topological polar surface area (TPSA) is 35.5 Å². The van der Waals surface area contributed by atoms with Gasteiger partial charge < -0.3 is 9.05 Å². The van der Waals surface area contributed by atoms with Gasteiger partial charge in [-0.05, 0) is 0 Å². The molecule has 0 aromatic rings. The van der Waals surface area contributed by atoms with Crippen LogP contribution in [0.1, 0.15) is 0 Å². The van der Waals surface area contributed by atoms with Crippen molar-refractivity contribution in [2.24, 2.45) is 0 Å². The Hall–Kier alpha value is 2.07. The van der Waals surface area contributed by atoms with Gasteiger partial charge in [-0.1, -0.05) is 63.7 Å². The lowest BCUT2D eigenvalue weighted by Gasteiger charge is -2.09. The van der Waals surface area contributed by atoms with Gasteiger partial charge in [0.1, 0.15) is 0 Å². The molecule has 0 rings (SSSR count). The van der Waals surface area contributed by atoms with Crippen LogP contribution in [0.4, 0.5) is 0 Å². The van der Waals surface area contributed by atoms with Gasteiger partial charge in [0.15, 0.2) is 0 Å². The lowest BCUT2D eigenvalue weighted by Crippen LogP contribution is -2.09. The first-order chi connectivity index (χ1) is 6.60. The van der Waals surface area contributed by atoms with Crippen molar-refractivity contribution < 1.29 is 13.6 Å². The summed E-state index contributed by atoms with van der Waals surface area (Å²) < 4.78 is 21.2. The van der Waals surface area contributed by atoms with Gasteiger partial charge in [-0.15, -0.1) is 0 Å². The molecule has 0 amide bonds. The molecule has 3 nitrogen and oxygen atoms in total. The summed E-state index contributed by atoms with van der Waals surface area (Å²) in [6, 6.07) is 0. The van der Waals surface area contributed by atoms with Crippen LogP contribution in [-0.2, 0) is 13.6 Å². The molecule has 2 atom stereocenters. The molecule has 0 N–H and O–H groups in total. The maximum absolute atomic E-state index is 11.2. The monoisotopic (exact) mass is 478 g/mol. The second kappa shape index (κ2) is 10.2. The van der Waals surface area contributed by atoms with Crippen LogP contribution in [0, 0.1) is 0 Å². The van der Waals surface area contributed by atoms with Gasteiger partial charge in [-0.2, -0.15) is 0 Å². The molecule has 86 valence electrons. The highest BCUT2D eigenvalue weighted by molar-refractivity contribution is 9.12. The molecular formula is C6H11Br4O3P. The first-order valence-electron chi connectivity index (χ1n) is 3.79. The van der Waals surface area contributed by atoms with E-state index in [1.54, 1.807) is 0 Å². The molecule has 0 aliphatic rings. The summed E-state index contributed by atoms with van der Waals surface area (Å²) in [6.45, 7) is 0.759. The Morgan fingerprint density at radius 3 is 1.64 bits per heavy atom. The van der Waals surface area contributed by atoms with Crippen LogP contribution >= 0.6 is 72.0 Å². The Kier molecular flexibility index (Phi) is 11.8. The molecule has 0 aliphatic heterocycles. The summed E-state index contributed by atoms with van der Waals surface area (Å²) in [7, 11) is -2.35. The predicted molar refractivity (Wildman–Crippen MR) is 73.9 cm³/mol. The van der Waals surface area contributed by atoms with E-state index in [9.17, 15) is 4.57 Å². The third-order valence-corrected chi connectivity index (χ3v) is 6.38. The quantitative estimate of drug-likeness (QED) is 0.392. The van der Waals surface area contributed by atoms with E-state index in [1.807, 2.05) is 0 Å². The van der Waals surface area contributed by atoms with Crippen LogP contribution < -0.4 is 0 Å². The van der Waals surface area contributed by atoms with Crippen LogP contribution in [0.15, 0.2) is 0 Å². The molecule has 0 radical (unpaired) electrons. The minimum Gasteiger partial charge on any atom is -0.309 e. The van der Waals surface area contributed by atoms with Crippen LogP contribution in [0.2, 0.25) is 0 Å². The SMILES string of the molecule is O=[PH](OCC(Br)CBr)OCC(Br)CBr. The Bertz CT molecular complexity index is 155. The molecule has 0 bridgehead atoms. The lowest BCUT2D eigenvalue weighted by atomic mass is 10.5. The Labute approximate surface area is 118 Å². The largest absolute Gasteiger partial charge is 0.319 e. The summed E-state index contributed by atoms with van der Waals surface area (Å²) in [5.41, 5.74) is 0. The maximum atomic E-state index is 11.2. The maximum Gasteiger partial charge on any atom is 0.319 e. The summed E-state index contributed by atoms with van der Waals surface area (Å²) >= 11 is 13.2. The average Bonchev–Trinajstić information content (AvgIpc) is 2.22. The van der Waals surface area contributed by atoms with Crippen LogP contribution in [0.5, 0.6) is 0 Å². The molecule has 0 fully saturated rings. The molecule has 0 aliphatic carbocycles. The lowest BCUT2D eigenvalue weighted by molar-refractivity contribution is 0.232. The summed E-state index contributed by atoms with van der Waals surface area (Å²) in [5.74, 6) is 0. The standard InChI is InChI=1S/C6H11Br4O3P/c7-1-5(9)3-12-14(11)13-4-6(10)2-8/h5-6,14H,1-4H2. The molecule has 8 heteroatoms. The molecular weight excluding hydrogens is 471 g/mol. The van der Waals surface area contributed by atoms with Gasteiger partial charge in [0.25, 0.3) is 0 Å². The predicted octanol–water partition coefficient (Wildman–Crippen LogP) is 3.73. The van der Waals surface area contributed by atoms with E-state index < -0.39 is 8.25 Å². The zero-order chi connectivity index (χ0) is 11.0. The van der Waals surface area contributed by atoms with E-state index in [4.69, 9.17) is 9.05 Å². The normalized spacial score (nSPS) is 17.7. The van der Waals surface area contributed by atoms with Gasteiger partial charge in [-0.3, -0.25) is 4.57 Å². The highest BCUT2D eigenvalue weighted by Crippen LogP contribution is 2.26. The van der Waals surface area contributed by atoms with Gasteiger partial charge in [-0.25, -0.2) is 0 Å². The van der Waals surface area contributed by atoms with Gasteiger partial charge in [0.05, 0.1) is 13.2 Å². The highest BCUT2D eigenvalue weighted by Gasteiger charge is 2.08. The molecule has 14 heavy (non-hydrogen) atoms. The van der Waals surface area contributed by atoms with Crippen LogP contribution in [0.3, 0.4) is 0 Å². The molecule has 0 aromatic carbocycles. The summed E-state index contributed by atoms with van der Waals surface area (Å²) in [6.07, 6.45) is 0. The molecule has 0 spiro atoms. The number of hydrogen-bond donors (Lipinski definition) is 0. The van der Waals surface area contributed by atoms with Crippen molar-refractivity contribution in [3.63, 3.8) is 0 Å². The van der Waals surface area contributed by atoms with E-state index >= 15 is 0 Å². The summed E-state index contributed by atoms with van der Waals surface area (Å²) in [4.78, 5) is 0.326. The van der Waals surface area contributed by atoms with Crippen molar-refractivity contribution in [2.75, 3.05) is 23.9 Å². The second-order valence-electron chi connectivity index (χ2n) is 2.38. The van der Waals surface area contributed by atoms with Crippen molar-refractivity contribution in [1.29, 1.82) is 0 Å². The van der Waals surface area contributed by atoms with E-state index in [0.717, 1.165) is 10.7 Å². The minimum atomic E-state index is -2.35. The highest BCUT2D eigenvalue weighted by atomic mass is 79.9. The fraction of sp³-hybridized carbons (Fsp3) is 1.00. The Morgan fingerprint density at radius 1 is 1.00 bits per heavy atom. The van der Waals surface area contributed by atoms with Gasteiger partial charge in [0.2, 0.25) is 0 Å². The number of rotatable bonds is 8. The number of halogens is 4. The van der Waals surface area contributed by atoms with Crippen LogP contribution in [-0.4, -0.2) is 33.5 Å². The van der Waals surface area contributed by atoms with Gasteiger partial charge >= 0.3 is 8.25 Å². The minimum absolute atomic E-state index is 0.163. The van der Waals surface area contributed by atoms with E-state index in [0.29, 0.717) is 13.2 Å². The average molecular weight is 482 g/mol. The fourth-order valence-electron chi connectivity index (χ4n) is 0.448. The Morgan fingerprint density at radius 2 is 1.36 bits per heavy atom. The number of alkyl halides is 4. The molecule has 0 aromatic heterocycles. The zero-order valence-electron chi connectivity index (χ0n) is 7.22. The third-order valence-electron chi connectivity index (χ3n) is 1.10. The van der Waals surface area contributed by atoms with Crippen molar-refractivity contribution in [3.8, 4) is 0 Å². The van der Waals surface area contributed by atoms with Crippen molar-refractivity contribution >= 4 is 72.0 Å². The van der Waals surface area contributed by atoms with E-state index in [2.05, 4.69) is 63.7 Å². The summed E-state index contributed by atoms with van der Waals surface area (Å²) in [5, 5.41) is 1.51. The van der Waals surface area contributed by atoms with Crippen LogP contribution in [0.25, 0.3) is 0 Å². The second-order valence-corrected chi connectivity index (χ2v) is 7.34. The first-order valence-corrected chi connectivity index (χ1v) is 9.09. The van der Waals surface area contributed by atoms with Gasteiger partial charge in [0, 0.05) is 20.3 Å². The molecule has 0 saturated heterocycles. The van der Waals surface area contributed by atoms with Crippen molar-refractivity contribution in [1.82, 2.24) is 0 Å². The smallest absolute Gasteiger partial charge is 0.309 e. The first kappa shape index (κ1) is 16.1. The molecule has 2 unspecified atom stereocenters. The zero-order valence-corrected chi connectivity index (χ0v) is 14.6. The molecule has 0 saturated carbocycles. The van der Waals surface area contributed by atoms with E-state index in [1.165, 1.54) is 0 Å². The van der Waals surface area contributed by atoms with Crippen molar-refractivity contribution in [3.05, 3.63) is 0 Å². The van der Waals surface area contributed by atoms with E-state index in [-0.39, 0.29) is 9.65 Å². The number of hydrogen-bond acceptors (Lipinski definition) is 3.